The van der Waals surface area contributed by atoms with Crippen molar-refractivity contribution in [2.24, 2.45) is 7.05 Å². The largest absolute Gasteiger partial charge is 0.337 e. The van der Waals surface area contributed by atoms with Crippen molar-refractivity contribution >= 4 is 11.8 Å². The van der Waals surface area contributed by atoms with Crippen molar-refractivity contribution in [3.05, 3.63) is 54.9 Å². The molecule has 19 heavy (non-hydrogen) atoms. The zero-order valence-corrected chi connectivity index (χ0v) is 11.3. The Morgan fingerprint density at radius 1 is 1.21 bits per heavy atom. The third-order valence-corrected chi connectivity index (χ3v) is 3.74. The number of aromatic nitrogens is 5. The molecule has 0 N–H and O–H groups in total. The van der Waals surface area contributed by atoms with Gasteiger partial charge in [0.2, 0.25) is 0 Å². The fraction of sp³-hybridized carbons (Fsp3) is 0.154. The van der Waals surface area contributed by atoms with Crippen LogP contribution in [0, 0.1) is 0 Å². The molecule has 0 fully saturated rings. The molecule has 6 heteroatoms. The lowest BCUT2D eigenvalue weighted by Gasteiger charge is -2.05. The second-order valence-corrected chi connectivity index (χ2v) is 5.00. The number of rotatable bonds is 4. The monoisotopic (exact) mass is 271 g/mol. The molecule has 0 aliphatic rings. The summed E-state index contributed by atoms with van der Waals surface area (Å²) in [5, 5.41) is 9.02. The number of hydrogen-bond donors (Lipinski definition) is 0. The summed E-state index contributed by atoms with van der Waals surface area (Å²) < 4.78 is 3.99. The average Bonchev–Trinajstić information content (AvgIpc) is 3.06. The lowest BCUT2D eigenvalue weighted by atomic mass is 10.3. The number of imidazole rings is 1. The minimum absolute atomic E-state index is 0.773. The van der Waals surface area contributed by atoms with Gasteiger partial charge >= 0.3 is 0 Å². The van der Waals surface area contributed by atoms with Crippen LogP contribution in [-0.4, -0.2) is 24.3 Å². The van der Waals surface area contributed by atoms with Crippen molar-refractivity contribution in [2.45, 2.75) is 10.9 Å². The Hall–Kier alpha value is -2.08. The molecule has 96 valence electrons. The summed E-state index contributed by atoms with van der Waals surface area (Å²) in [5.74, 6) is 1.79. The second-order valence-electron chi connectivity index (χ2n) is 4.06. The maximum Gasteiger partial charge on any atom is 0.196 e. The van der Waals surface area contributed by atoms with E-state index in [0.29, 0.717) is 0 Å². The molecule has 0 atom stereocenters. The van der Waals surface area contributed by atoms with Gasteiger partial charge in [0.25, 0.3) is 0 Å². The van der Waals surface area contributed by atoms with Gasteiger partial charge in [-0.15, -0.1) is 10.2 Å². The van der Waals surface area contributed by atoms with E-state index in [9.17, 15) is 0 Å². The molecule has 0 aliphatic heterocycles. The standard InChI is InChI=1S/C13H13N5S/c1-17-8-7-14-12(17)9-19-13-16-15-10-18(13)11-5-3-2-4-6-11/h2-8,10H,9H2,1H3. The number of thioether (sulfide) groups is 1. The van der Waals surface area contributed by atoms with Crippen molar-refractivity contribution in [1.29, 1.82) is 0 Å². The summed E-state index contributed by atoms with van der Waals surface area (Å²) in [6.07, 6.45) is 5.48. The van der Waals surface area contributed by atoms with Gasteiger partial charge in [0.15, 0.2) is 5.16 Å². The van der Waals surface area contributed by atoms with Gasteiger partial charge < -0.3 is 4.57 Å². The molecule has 5 nitrogen and oxygen atoms in total. The molecule has 2 aromatic heterocycles. The fourth-order valence-corrected chi connectivity index (χ4v) is 2.69. The first kappa shape index (κ1) is 12.0. The van der Waals surface area contributed by atoms with Crippen LogP contribution in [0.2, 0.25) is 0 Å². The van der Waals surface area contributed by atoms with Crippen LogP contribution in [-0.2, 0) is 12.8 Å². The van der Waals surface area contributed by atoms with E-state index in [1.807, 2.05) is 52.7 Å². The van der Waals surface area contributed by atoms with Gasteiger partial charge in [0.1, 0.15) is 12.2 Å². The molecule has 0 spiro atoms. The highest BCUT2D eigenvalue weighted by atomic mass is 32.2. The van der Waals surface area contributed by atoms with Crippen molar-refractivity contribution in [3.8, 4) is 5.69 Å². The van der Waals surface area contributed by atoms with Crippen molar-refractivity contribution < 1.29 is 0 Å². The summed E-state index contributed by atoms with van der Waals surface area (Å²) >= 11 is 1.63. The van der Waals surface area contributed by atoms with Crippen LogP contribution < -0.4 is 0 Å². The molecule has 0 radical (unpaired) electrons. The molecule has 0 unspecified atom stereocenters. The first-order chi connectivity index (χ1) is 9.34. The van der Waals surface area contributed by atoms with E-state index >= 15 is 0 Å². The molecule has 2 heterocycles. The Labute approximate surface area is 115 Å². The summed E-state index contributed by atoms with van der Waals surface area (Å²) in [6.45, 7) is 0. The lowest BCUT2D eigenvalue weighted by Crippen LogP contribution is -1.98. The topological polar surface area (TPSA) is 48.5 Å². The highest BCUT2D eigenvalue weighted by molar-refractivity contribution is 7.98. The van der Waals surface area contributed by atoms with E-state index in [0.717, 1.165) is 22.4 Å². The van der Waals surface area contributed by atoms with E-state index < -0.39 is 0 Å². The Kier molecular flexibility index (Phi) is 3.33. The van der Waals surface area contributed by atoms with Crippen LogP contribution in [0.1, 0.15) is 5.82 Å². The fourth-order valence-electron chi connectivity index (χ4n) is 1.75. The van der Waals surface area contributed by atoms with Crippen LogP contribution in [0.3, 0.4) is 0 Å². The Morgan fingerprint density at radius 3 is 2.79 bits per heavy atom. The van der Waals surface area contributed by atoms with E-state index in [-0.39, 0.29) is 0 Å². The van der Waals surface area contributed by atoms with Gasteiger partial charge in [0, 0.05) is 25.1 Å². The van der Waals surface area contributed by atoms with Crippen LogP contribution >= 0.6 is 11.8 Å². The SMILES string of the molecule is Cn1ccnc1CSc1nncn1-c1ccccc1. The first-order valence-corrected chi connectivity index (χ1v) is 6.87. The van der Waals surface area contributed by atoms with E-state index in [2.05, 4.69) is 15.2 Å². The number of nitrogens with zero attached hydrogens (tertiary/aromatic N) is 5. The molecular formula is C13H13N5S. The third kappa shape index (κ3) is 2.53. The van der Waals surface area contributed by atoms with E-state index in [1.54, 1.807) is 24.3 Å². The third-order valence-electron chi connectivity index (χ3n) is 2.80. The van der Waals surface area contributed by atoms with Crippen LogP contribution in [0.25, 0.3) is 5.69 Å². The smallest absolute Gasteiger partial charge is 0.196 e. The minimum Gasteiger partial charge on any atom is -0.337 e. The molecule has 0 amide bonds. The average molecular weight is 271 g/mol. The summed E-state index contributed by atoms with van der Waals surface area (Å²) in [5.41, 5.74) is 1.06. The number of para-hydroxylation sites is 1. The highest BCUT2D eigenvalue weighted by Crippen LogP contribution is 2.22. The van der Waals surface area contributed by atoms with Crippen molar-refractivity contribution in [2.75, 3.05) is 0 Å². The number of benzene rings is 1. The molecule has 3 aromatic rings. The second kappa shape index (κ2) is 5.27. The van der Waals surface area contributed by atoms with Gasteiger partial charge in [0.05, 0.1) is 5.75 Å². The normalized spacial score (nSPS) is 10.8. The number of aryl methyl sites for hydroxylation is 1. The Bertz CT molecular complexity index is 658. The van der Waals surface area contributed by atoms with Crippen molar-refractivity contribution in [3.63, 3.8) is 0 Å². The maximum atomic E-state index is 4.30. The Balaban J connectivity index is 1.80. The summed E-state index contributed by atoms with van der Waals surface area (Å²) in [4.78, 5) is 4.30. The lowest BCUT2D eigenvalue weighted by molar-refractivity contribution is 0.841. The predicted octanol–water partition coefficient (Wildman–Crippen LogP) is 2.29. The minimum atomic E-state index is 0.773. The van der Waals surface area contributed by atoms with Gasteiger partial charge in [-0.05, 0) is 12.1 Å². The molecule has 0 bridgehead atoms. The Morgan fingerprint density at radius 2 is 2.05 bits per heavy atom. The maximum absolute atomic E-state index is 4.30. The van der Waals surface area contributed by atoms with Crippen LogP contribution in [0.15, 0.2) is 54.2 Å². The number of hydrogen-bond acceptors (Lipinski definition) is 4. The molecule has 0 saturated carbocycles. The van der Waals surface area contributed by atoms with Gasteiger partial charge in [-0.3, -0.25) is 4.57 Å². The summed E-state index contributed by atoms with van der Waals surface area (Å²) in [6, 6.07) is 10.1. The van der Waals surface area contributed by atoms with Crippen LogP contribution in [0.4, 0.5) is 0 Å². The van der Waals surface area contributed by atoms with Crippen LogP contribution in [0.5, 0.6) is 0 Å². The molecule has 3 rings (SSSR count). The summed E-state index contributed by atoms with van der Waals surface area (Å²) in [7, 11) is 1.99. The van der Waals surface area contributed by atoms with Crippen molar-refractivity contribution in [1.82, 2.24) is 24.3 Å². The molecule has 1 aromatic carbocycles. The van der Waals surface area contributed by atoms with E-state index in [1.165, 1.54) is 0 Å². The van der Waals surface area contributed by atoms with Gasteiger partial charge in [-0.25, -0.2) is 4.98 Å². The molecule has 0 saturated heterocycles. The quantitative estimate of drug-likeness (QED) is 0.683. The van der Waals surface area contributed by atoms with Gasteiger partial charge in [-0.1, -0.05) is 30.0 Å². The van der Waals surface area contributed by atoms with E-state index in [4.69, 9.17) is 0 Å². The first-order valence-electron chi connectivity index (χ1n) is 5.89. The zero-order chi connectivity index (χ0) is 13.1. The molecule has 0 aliphatic carbocycles. The molecular weight excluding hydrogens is 258 g/mol. The predicted molar refractivity (Wildman–Crippen MR) is 74.1 cm³/mol. The van der Waals surface area contributed by atoms with Gasteiger partial charge in [-0.2, -0.15) is 0 Å². The zero-order valence-electron chi connectivity index (χ0n) is 10.5. The highest BCUT2D eigenvalue weighted by Gasteiger charge is 2.08.